The molecule has 0 aliphatic rings. The molecule has 1 aromatic heterocycles. The summed E-state index contributed by atoms with van der Waals surface area (Å²) in [6, 6.07) is 17.0. The summed E-state index contributed by atoms with van der Waals surface area (Å²) in [6.07, 6.45) is 6.60. The van der Waals surface area contributed by atoms with Crippen LogP contribution in [0.1, 0.15) is 11.3 Å². The van der Waals surface area contributed by atoms with Crippen molar-refractivity contribution in [1.29, 1.82) is 0 Å². The van der Waals surface area contributed by atoms with Gasteiger partial charge < -0.3 is 4.90 Å². The van der Waals surface area contributed by atoms with Crippen molar-refractivity contribution in [3.63, 3.8) is 0 Å². The molecule has 0 spiro atoms. The molecule has 6 heteroatoms. The highest BCUT2D eigenvalue weighted by molar-refractivity contribution is 7.89. The number of hydrogen-bond donors (Lipinski definition) is 1. The second kappa shape index (κ2) is 8.43. The molecule has 27 heavy (non-hydrogen) atoms. The van der Waals surface area contributed by atoms with Crippen molar-refractivity contribution in [3.05, 3.63) is 78.1 Å². The molecule has 5 nitrogen and oxygen atoms in total. The number of fused-ring (bicyclic) bond motifs is 1. The summed E-state index contributed by atoms with van der Waals surface area (Å²) in [5.41, 5.74) is 2.05. The van der Waals surface area contributed by atoms with Crippen LogP contribution >= 0.6 is 0 Å². The van der Waals surface area contributed by atoms with Gasteiger partial charge in [0.2, 0.25) is 10.0 Å². The molecule has 0 radical (unpaired) electrons. The van der Waals surface area contributed by atoms with Gasteiger partial charge in [0.15, 0.2) is 0 Å². The van der Waals surface area contributed by atoms with Crippen molar-refractivity contribution in [2.75, 3.05) is 20.1 Å². The van der Waals surface area contributed by atoms with Crippen LogP contribution in [-0.2, 0) is 16.4 Å². The van der Waals surface area contributed by atoms with E-state index < -0.39 is 10.0 Å². The number of sulfonamides is 1. The van der Waals surface area contributed by atoms with Gasteiger partial charge in [-0.05, 0) is 24.7 Å². The highest BCUT2D eigenvalue weighted by Gasteiger charge is 2.14. The van der Waals surface area contributed by atoms with Gasteiger partial charge in [-0.1, -0.05) is 54.6 Å². The fourth-order valence-electron chi connectivity index (χ4n) is 3.01. The number of hydrogen-bond acceptors (Lipinski definition) is 4. The first-order valence-corrected chi connectivity index (χ1v) is 10.3. The lowest BCUT2D eigenvalue weighted by atomic mass is 10.1. The van der Waals surface area contributed by atoms with E-state index in [-0.39, 0.29) is 4.90 Å². The largest absolute Gasteiger partial charge is 0.302 e. The van der Waals surface area contributed by atoms with Crippen molar-refractivity contribution in [3.8, 4) is 0 Å². The predicted molar refractivity (Wildman–Crippen MR) is 110 cm³/mol. The van der Waals surface area contributed by atoms with E-state index in [1.807, 2.05) is 24.3 Å². The van der Waals surface area contributed by atoms with E-state index in [0.717, 1.165) is 30.6 Å². The first-order chi connectivity index (χ1) is 12.9. The van der Waals surface area contributed by atoms with Gasteiger partial charge in [0.1, 0.15) is 0 Å². The van der Waals surface area contributed by atoms with Crippen molar-refractivity contribution < 1.29 is 8.42 Å². The van der Waals surface area contributed by atoms with E-state index in [0.29, 0.717) is 5.39 Å². The van der Waals surface area contributed by atoms with Gasteiger partial charge in [0.05, 0.1) is 4.90 Å². The molecular formula is C21H23N3O2S. The highest BCUT2D eigenvalue weighted by atomic mass is 32.2. The third-order valence-electron chi connectivity index (χ3n) is 4.41. The summed E-state index contributed by atoms with van der Waals surface area (Å²) in [7, 11) is -1.71. The van der Waals surface area contributed by atoms with E-state index in [9.17, 15) is 8.42 Å². The summed E-state index contributed by atoms with van der Waals surface area (Å²) < 4.78 is 23.6. The van der Waals surface area contributed by atoms with Gasteiger partial charge in [0.25, 0.3) is 0 Å². The second-order valence-electron chi connectivity index (χ2n) is 6.48. The van der Waals surface area contributed by atoms with Gasteiger partial charge in [-0.2, -0.15) is 0 Å². The van der Waals surface area contributed by atoms with Crippen LogP contribution in [0.2, 0.25) is 0 Å². The van der Waals surface area contributed by atoms with Crippen LogP contribution < -0.4 is 5.14 Å². The molecule has 0 bridgehead atoms. The Balaban J connectivity index is 1.69. The molecule has 2 aromatic carbocycles. The number of primary sulfonamides is 1. The van der Waals surface area contributed by atoms with Crippen LogP contribution in [0.25, 0.3) is 16.8 Å². The first kappa shape index (κ1) is 19.2. The van der Waals surface area contributed by atoms with Gasteiger partial charge in [0, 0.05) is 42.2 Å². The molecule has 0 saturated carbocycles. The Hall–Kier alpha value is -2.54. The molecule has 2 N–H and O–H groups in total. The van der Waals surface area contributed by atoms with E-state index in [1.54, 1.807) is 18.3 Å². The second-order valence-corrected chi connectivity index (χ2v) is 8.01. The summed E-state index contributed by atoms with van der Waals surface area (Å²) in [5.74, 6) is 0. The van der Waals surface area contributed by atoms with Crippen LogP contribution in [0.3, 0.4) is 0 Å². The van der Waals surface area contributed by atoms with Crippen molar-refractivity contribution in [1.82, 2.24) is 9.88 Å². The molecular weight excluding hydrogens is 358 g/mol. The first-order valence-electron chi connectivity index (χ1n) is 8.75. The molecule has 0 unspecified atom stereocenters. The highest BCUT2D eigenvalue weighted by Crippen LogP contribution is 2.24. The number of nitrogens with zero attached hydrogens (tertiary/aromatic N) is 2. The van der Waals surface area contributed by atoms with E-state index in [1.165, 1.54) is 11.6 Å². The Labute approximate surface area is 160 Å². The lowest BCUT2D eigenvalue weighted by molar-refractivity contribution is 0.374. The smallest absolute Gasteiger partial charge is 0.238 e. The average molecular weight is 382 g/mol. The normalized spacial score (nSPS) is 12.3. The Morgan fingerprint density at radius 2 is 1.81 bits per heavy atom. The molecule has 0 fully saturated rings. The topological polar surface area (TPSA) is 76.3 Å². The molecule has 0 aliphatic carbocycles. The monoisotopic (exact) mass is 381 g/mol. The summed E-state index contributed by atoms with van der Waals surface area (Å²) in [5, 5.41) is 6.79. The molecule has 0 atom stereocenters. The number of nitrogens with two attached hydrogens (primary N) is 1. The maximum absolute atomic E-state index is 11.8. The molecule has 3 aromatic rings. The Morgan fingerprint density at radius 1 is 1.04 bits per heavy atom. The minimum Gasteiger partial charge on any atom is -0.302 e. The third kappa shape index (κ3) is 5.01. The molecule has 1 heterocycles. The zero-order valence-electron chi connectivity index (χ0n) is 15.2. The summed E-state index contributed by atoms with van der Waals surface area (Å²) >= 11 is 0. The number of rotatable bonds is 7. The Morgan fingerprint density at radius 3 is 2.56 bits per heavy atom. The van der Waals surface area contributed by atoms with Crippen LogP contribution in [0.15, 0.2) is 71.8 Å². The number of benzene rings is 2. The Kier molecular flexibility index (Phi) is 6.01. The van der Waals surface area contributed by atoms with E-state index >= 15 is 0 Å². The van der Waals surface area contributed by atoms with Gasteiger partial charge in [-0.25, -0.2) is 13.6 Å². The zero-order valence-corrected chi connectivity index (χ0v) is 16.1. The molecule has 140 valence electrons. The number of pyridine rings is 1. The minimum absolute atomic E-state index is 0.141. The van der Waals surface area contributed by atoms with Gasteiger partial charge in [-0.3, -0.25) is 4.98 Å². The SMILES string of the molecule is CN(CC=Cc1ccccc1)CCc1nccc2c(S(N)(=O)=O)cccc12. The molecule has 0 saturated heterocycles. The maximum Gasteiger partial charge on any atom is 0.238 e. The quantitative estimate of drug-likeness (QED) is 0.682. The zero-order chi connectivity index (χ0) is 19.3. The molecule has 3 rings (SSSR count). The number of likely N-dealkylation sites (N-methyl/N-ethyl adjacent to an activating group) is 1. The van der Waals surface area contributed by atoms with Crippen molar-refractivity contribution >= 4 is 26.9 Å². The maximum atomic E-state index is 11.8. The Bertz CT molecular complexity index is 1050. The minimum atomic E-state index is -3.76. The van der Waals surface area contributed by atoms with Crippen molar-refractivity contribution in [2.45, 2.75) is 11.3 Å². The van der Waals surface area contributed by atoms with E-state index in [4.69, 9.17) is 5.14 Å². The average Bonchev–Trinajstić information content (AvgIpc) is 2.66. The molecule has 0 amide bonds. The fourth-order valence-corrected chi connectivity index (χ4v) is 3.76. The van der Waals surface area contributed by atoms with Gasteiger partial charge >= 0.3 is 0 Å². The predicted octanol–water partition coefficient (Wildman–Crippen LogP) is 3.07. The summed E-state index contributed by atoms with van der Waals surface area (Å²) in [4.78, 5) is 6.79. The van der Waals surface area contributed by atoms with Crippen LogP contribution in [0.5, 0.6) is 0 Å². The van der Waals surface area contributed by atoms with Crippen LogP contribution in [0, 0.1) is 0 Å². The van der Waals surface area contributed by atoms with Gasteiger partial charge in [-0.15, -0.1) is 0 Å². The third-order valence-corrected chi connectivity index (χ3v) is 5.38. The lowest BCUT2D eigenvalue weighted by Gasteiger charge is -2.15. The standard InChI is InChI=1S/C21H23N3O2S/c1-24(15-6-9-17-7-3-2-4-8-17)16-13-20-18-10-5-11-21(27(22,25)26)19(18)12-14-23-20/h2-12,14H,13,15-16H2,1H3,(H2,22,25,26). The lowest BCUT2D eigenvalue weighted by Crippen LogP contribution is -2.21. The summed E-state index contributed by atoms with van der Waals surface area (Å²) in [6.45, 7) is 1.63. The van der Waals surface area contributed by atoms with Crippen LogP contribution in [0.4, 0.5) is 0 Å². The van der Waals surface area contributed by atoms with E-state index in [2.05, 4.69) is 41.2 Å². The fraction of sp³-hybridized carbons (Fsp3) is 0.190. The molecule has 0 aliphatic heterocycles. The van der Waals surface area contributed by atoms with Crippen molar-refractivity contribution in [2.24, 2.45) is 5.14 Å². The van der Waals surface area contributed by atoms with Crippen LogP contribution in [-0.4, -0.2) is 38.4 Å². The number of aromatic nitrogens is 1.